The maximum absolute atomic E-state index is 5.78. The van der Waals surface area contributed by atoms with Crippen molar-refractivity contribution in [3.8, 4) is 0 Å². The van der Waals surface area contributed by atoms with Crippen LogP contribution in [0.15, 0.2) is 18.2 Å². The Labute approximate surface area is 110 Å². The minimum Gasteiger partial charge on any atom is -0.348 e. The van der Waals surface area contributed by atoms with Gasteiger partial charge in [0, 0.05) is 23.6 Å². The van der Waals surface area contributed by atoms with Crippen molar-refractivity contribution in [3.05, 3.63) is 35.0 Å². The fourth-order valence-corrected chi connectivity index (χ4v) is 3.03. The summed E-state index contributed by atoms with van der Waals surface area (Å²) < 4.78 is 2.29. The maximum Gasteiger partial charge on any atom is 0.0483 e. The van der Waals surface area contributed by atoms with E-state index < -0.39 is 0 Å². The quantitative estimate of drug-likeness (QED) is 0.881. The van der Waals surface area contributed by atoms with Crippen molar-refractivity contribution in [2.24, 2.45) is 12.8 Å². The molecule has 2 heteroatoms. The SMILES string of the molecule is Cc1ccc2c(c1)c(C(C)(C)CCN)c(C)n2C. The number of fused-ring (bicyclic) bond motifs is 1. The van der Waals surface area contributed by atoms with Crippen LogP contribution in [0, 0.1) is 13.8 Å². The minimum absolute atomic E-state index is 0.131. The fourth-order valence-electron chi connectivity index (χ4n) is 3.03. The molecule has 0 saturated heterocycles. The van der Waals surface area contributed by atoms with Crippen molar-refractivity contribution < 1.29 is 0 Å². The first kappa shape index (κ1) is 13.2. The standard InChI is InChI=1S/C16H24N2/c1-11-6-7-14-13(10-11)15(12(2)18(14)5)16(3,4)8-9-17/h6-7,10H,8-9,17H2,1-5H3. The van der Waals surface area contributed by atoms with Crippen LogP contribution < -0.4 is 5.73 Å². The van der Waals surface area contributed by atoms with Crippen LogP contribution >= 0.6 is 0 Å². The lowest BCUT2D eigenvalue weighted by molar-refractivity contribution is 0.487. The predicted molar refractivity (Wildman–Crippen MR) is 79.1 cm³/mol. The number of rotatable bonds is 3. The highest BCUT2D eigenvalue weighted by atomic mass is 14.9. The zero-order chi connectivity index (χ0) is 13.5. The van der Waals surface area contributed by atoms with Gasteiger partial charge in [0.15, 0.2) is 0 Å². The highest BCUT2D eigenvalue weighted by Gasteiger charge is 2.26. The summed E-state index contributed by atoms with van der Waals surface area (Å²) in [6.07, 6.45) is 1.01. The average Bonchev–Trinajstić information content (AvgIpc) is 2.51. The van der Waals surface area contributed by atoms with Crippen LogP contribution in [0.1, 0.15) is 37.1 Å². The molecule has 2 rings (SSSR count). The lowest BCUT2D eigenvalue weighted by Gasteiger charge is -2.25. The highest BCUT2D eigenvalue weighted by molar-refractivity contribution is 5.87. The van der Waals surface area contributed by atoms with Crippen molar-refractivity contribution in [3.63, 3.8) is 0 Å². The van der Waals surface area contributed by atoms with Gasteiger partial charge >= 0.3 is 0 Å². The third-order valence-electron chi connectivity index (χ3n) is 4.09. The summed E-state index contributed by atoms with van der Waals surface area (Å²) in [7, 11) is 2.15. The topological polar surface area (TPSA) is 30.9 Å². The third-order valence-corrected chi connectivity index (χ3v) is 4.09. The summed E-state index contributed by atoms with van der Waals surface area (Å²) in [6.45, 7) is 9.69. The van der Waals surface area contributed by atoms with Gasteiger partial charge in [-0.25, -0.2) is 0 Å². The fraction of sp³-hybridized carbons (Fsp3) is 0.500. The summed E-state index contributed by atoms with van der Waals surface area (Å²) in [5.74, 6) is 0. The Hall–Kier alpha value is -1.28. The molecule has 1 aromatic carbocycles. The van der Waals surface area contributed by atoms with Crippen LogP contribution in [0.2, 0.25) is 0 Å². The summed E-state index contributed by atoms with van der Waals surface area (Å²) in [6, 6.07) is 6.71. The second kappa shape index (κ2) is 4.43. The number of aromatic nitrogens is 1. The first-order chi connectivity index (χ1) is 8.38. The minimum atomic E-state index is 0.131. The van der Waals surface area contributed by atoms with Crippen molar-refractivity contribution in [1.82, 2.24) is 4.57 Å². The van der Waals surface area contributed by atoms with E-state index in [0.29, 0.717) is 0 Å². The summed E-state index contributed by atoms with van der Waals surface area (Å²) in [4.78, 5) is 0. The smallest absolute Gasteiger partial charge is 0.0483 e. The molecule has 0 bridgehead atoms. The Bertz CT molecular complexity index is 576. The molecular formula is C16H24N2. The van der Waals surface area contributed by atoms with E-state index in [1.807, 2.05) is 0 Å². The van der Waals surface area contributed by atoms with Crippen LogP contribution in [-0.2, 0) is 12.5 Å². The Morgan fingerprint density at radius 3 is 2.50 bits per heavy atom. The van der Waals surface area contributed by atoms with Gasteiger partial charge in [-0.1, -0.05) is 25.5 Å². The van der Waals surface area contributed by atoms with E-state index in [4.69, 9.17) is 5.73 Å². The van der Waals surface area contributed by atoms with Gasteiger partial charge in [-0.15, -0.1) is 0 Å². The Kier molecular flexibility index (Phi) is 3.24. The molecule has 98 valence electrons. The van der Waals surface area contributed by atoms with E-state index in [1.165, 1.54) is 27.7 Å². The van der Waals surface area contributed by atoms with Gasteiger partial charge in [-0.2, -0.15) is 0 Å². The molecule has 1 heterocycles. The summed E-state index contributed by atoms with van der Waals surface area (Å²) in [5, 5.41) is 1.38. The molecule has 0 radical (unpaired) electrons. The average molecular weight is 244 g/mol. The second-order valence-corrected chi connectivity index (χ2v) is 5.96. The van der Waals surface area contributed by atoms with Gasteiger partial charge in [0.1, 0.15) is 0 Å². The Morgan fingerprint density at radius 1 is 1.22 bits per heavy atom. The first-order valence-corrected chi connectivity index (χ1v) is 6.64. The van der Waals surface area contributed by atoms with E-state index in [-0.39, 0.29) is 5.41 Å². The molecule has 0 amide bonds. The van der Waals surface area contributed by atoms with Crippen molar-refractivity contribution in [1.29, 1.82) is 0 Å². The van der Waals surface area contributed by atoms with Crippen LogP contribution in [0.4, 0.5) is 0 Å². The Morgan fingerprint density at radius 2 is 1.89 bits per heavy atom. The molecule has 18 heavy (non-hydrogen) atoms. The normalized spacial score (nSPS) is 12.3. The van der Waals surface area contributed by atoms with E-state index in [9.17, 15) is 0 Å². The van der Waals surface area contributed by atoms with Gasteiger partial charge in [0.05, 0.1) is 0 Å². The Balaban J connectivity index is 2.77. The zero-order valence-electron chi connectivity index (χ0n) is 12.2. The molecule has 2 N–H and O–H groups in total. The third kappa shape index (κ3) is 1.95. The molecule has 0 spiro atoms. The van der Waals surface area contributed by atoms with E-state index in [1.54, 1.807) is 0 Å². The van der Waals surface area contributed by atoms with Gasteiger partial charge in [0.2, 0.25) is 0 Å². The maximum atomic E-state index is 5.78. The molecule has 0 aliphatic heterocycles. The van der Waals surface area contributed by atoms with Crippen LogP contribution in [-0.4, -0.2) is 11.1 Å². The lowest BCUT2D eigenvalue weighted by atomic mass is 9.80. The van der Waals surface area contributed by atoms with E-state index in [0.717, 1.165) is 13.0 Å². The second-order valence-electron chi connectivity index (χ2n) is 5.96. The largest absolute Gasteiger partial charge is 0.348 e. The summed E-state index contributed by atoms with van der Waals surface area (Å²) >= 11 is 0. The lowest BCUT2D eigenvalue weighted by Crippen LogP contribution is -2.22. The zero-order valence-corrected chi connectivity index (χ0v) is 12.2. The predicted octanol–water partition coefficient (Wildman–Crippen LogP) is 3.42. The van der Waals surface area contributed by atoms with Crippen LogP contribution in [0.25, 0.3) is 10.9 Å². The molecular weight excluding hydrogens is 220 g/mol. The monoisotopic (exact) mass is 244 g/mol. The highest BCUT2D eigenvalue weighted by Crippen LogP contribution is 2.37. The molecule has 0 fully saturated rings. The van der Waals surface area contributed by atoms with Crippen LogP contribution in [0.5, 0.6) is 0 Å². The molecule has 2 nitrogen and oxygen atoms in total. The van der Waals surface area contributed by atoms with E-state index >= 15 is 0 Å². The molecule has 1 aromatic heterocycles. The van der Waals surface area contributed by atoms with Crippen molar-refractivity contribution in [2.75, 3.05) is 6.54 Å². The van der Waals surface area contributed by atoms with Gasteiger partial charge in [-0.3, -0.25) is 0 Å². The van der Waals surface area contributed by atoms with Gasteiger partial charge in [-0.05, 0) is 49.9 Å². The van der Waals surface area contributed by atoms with Crippen LogP contribution in [0.3, 0.4) is 0 Å². The molecule has 0 aliphatic carbocycles. The molecule has 0 saturated carbocycles. The first-order valence-electron chi connectivity index (χ1n) is 6.64. The van der Waals surface area contributed by atoms with Gasteiger partial charge < -0.3 is 10.3 Å². The number of nitrogens with zero attached hydrogens (tertiary/aromatic N) is 1. The molecule has 0 atom stereocenters. The van der Waals surface area contributed by atoms with Crippen molar-refractivity contribution in [2.45, 2.75) is 39.5 Å². The molecule has 0 unspecified atom stereocenters. The van der Waals surface area contributed by atoms with Crippen molar-refractivity contribution >= 4 is 10.9 Å². The number of hydrogen-bond acceptors (Lipinski definition) is 1. The molecule has 0 aliphatic rings. The van der Waals surface area contributed by atoms with Gasteiger partial charge in [0.25, 0.3) is 0 Å². The number of hydrogen-bond donors (Lipinski definition) is 1. The summed E-state index contributed by atoms with van der Waals surface area (Å²) in [5.41, 5.74) is 11.4. The number of benzene rings is 1. The number of aryl methyl sites for hydroxylation is 2. The number of nitrogens with two attached hydrogens (primary N) is 1. The molecule has 2 aromatic rings. The van der Waals surface area contributed by atoms with E-state index in [2.05, 4.69) is 57.5 Å².